The lowest BCUT2D eigenvalue weighted by atomic mass is 9.97. The van der Waals surface area contributed by atoms with Crippen LogP contribution in [0, 0.1) is 5.92 Å². The fourth-order valence-electron chi connectivity index (χ4n) is 2.53. The fourth-order valence-corrected chi connectivity index (χ4v) is 3.29. The standard InChI is InChI=1S/C15H22N2O3S/c1-16(10-13-4-3-9-21-13)14(18)11-17-7-5-12(6-8-17)15(19)20-2/h3-4,9,12H,5-8,10-11H2,1-2H3. The number of rotatable bonds is 5. The number of likely N-dealkylation sites (N-methyl/N-ethyl adjacent to an activating group) is 1. The zero-order chi connectivity index (χ0) is 15.2. The molecule has 0 aromatic carbocycles. The average Bonchev–Trinajstić information content (AvgIpc) is 3.00. The van der Waals surface area contributed by atoms with E-state index in [1.54, 1.807) is 16.2 Å². The molecule has 0 aliphatic carbocycles. The third-order valence-corrected chi connectivity index (χ3v) is 4.74. The molecule has 1 aromatic heterocycles. The van der Waals surface area contributed by atoms with E-state index < -0.39 is 0 Å². The first-order valence-electron chi connectivity index (χ1n) is 7.16. The minimum absolute atomic E-state index is 0.00907. The van der Waals surface area contributed by atoms with Crippen LogP contribution in [0.1, 0.15) is 17.7 Å². The van der Waals surface area contributed by atoms with Gasteiger partial charge in [-0.3, -0.25) is 14.5 Å². The summed E-state index contributed by atoms with van der Waals surface area (Å²) in [5.41, 5.74) is 0. The Bertz CT molecular complexity index is 467. The van der Waals surface area contributed by atoms with Gasteiger partial charge in [0.25, 0.3) is 0 Å². The molecule has 0 N–H and O–H groups in total. The lowest BCUT2D eigenvalue weighted by molar-refractivity contribution is -0.147. The van der Waals surface area contributed by atoms with E-state index in [4.69, 9.17) is 4.74 Å². The molecular weight excluding hydrogens is 288 g/mol. The Morgan fingerprint density at radius 1 is 1.43 bits per heavy atom. The minimum atomic E-state index is -0.129. The highest BCUT2D eigenvalue weighted by molar-refractivity contribution is 7.09. The molecule has 0 bridgehead atoms. The molecule has 0 atom stereocenters. The van der Waals surface area contributed by atoms with Crippen LogP contribution in [0.4, 0.5) is 0 Å². The van der Waals surface area contributed by atoms with Gasteiger partial charge in [-0.15, -0.1) is 11.3 Å². The number of amides is 1. The highest BCUT2D eigenvalue weighted by Crippen LogP contribution is 2.18. The first-order valence-corrected chi connectivity index (χ1v) is 8.04. The van der Waals surface area contributed by atoms with Crippen molar-refractivity contribution in [3.05, 3.63) is 22.4 Å². The van der Waals surface area contributed by atoms with Crippen LogP contribution >= 0.6 is 11.3 Å². The van der Waals surface area contributed by atoms with E-state index in [0.717, 1.165) is 25.9 Å². The van der Waals surface area contributed by atoms with E-state index in [0.29, 0.717) is 13.1 Å². The Morgan fingerprint density at radius 2 is 2.14 bits per heavy atom. The summed E-state index contributed by atoms with van der Waals surface area (Å²) in [6.07, 6.45) is 1.54. The number of ether oxygens (including phenoxy) is 1. The maximum absolute atomic E-state index is 12.2. The Morgan fingerprint density at radius 3 is 2.71 bits per heavy atom. The second-order valence-corrected chi connectivity index (χ2v) is 6.43. The first-order chi connectivity index (χ1) is 10.1. The summed E-state index contributed by atoms with van der Waals surface area (Å²) in [5, 5.41) is 2.02. The van der Waals surface area contributed by atoms with Gasteiger partial charge < -0.3 is 9.64 Å². The quantitative estimate of drug-likeness (QED) is 0.775. The van der Waals surface area contributed by atoms with Gasteiger partial charge >= 0.3 is 5.97 Å². The van der Waals surface area contributed by atoms with Gasteiger partial charge in [-0.05, 0) is 37.4 Å². The summed E-state index contributed by atoms with van der Waals surface area (Å²) in [6, 6.07) is 4.03. The Balaban J connectivity index is 1.75. The van der Waals surface area contributed by atoms with E-state index in [9.17, 15) is 9.59 Å². The average molecular weight is 310 g/mol. The number of hydrogen-bond donors (Lipinski definition) is 0. The van der Waals surface area contributed by atoms with Gasteiger partial charge in [-0.1, -0.05) is 6.07 Å². The molecule has 21 heavy (non-hydrogen) atoms. The van der Waals surface area contributed by atoms with Crippen molar-refractivity contribution >= 4 is 23.2 Å². The lowest BCUT2D eigenvalue weighted by Crippen LogP contribution is -2.43. The Kier molecular flexibility index (Phi) is 5.76. The third-order valence-electron chi connectivity index (χ3n) is 3.88. The number of thiophene rings is 1. The van der Waals surface area contributed by atoms with Crippen molar-refractivity contribution in [3.8, 4) is 0 Å². The van der Waals surface area contributed by atoms with Gasteiger partial charge in [-0.2, -0.15) is 0 Å². The smallest absolute Gasteiger partial charge is 0.308 e. The molecule has 2 rings (SSSR count). The van der Waals surface area contributed by atoms with Gasteiger partial charge in [0.1, 0.15) is 0 Å². The normalized spacial score (nSPS) is 16.7. The van der Waals surface area contributed by atoms with Crippen molar-refractivity contribution in [1.82, 2.24) is 9.80 Å². The molecule has 2 heterocycles. The van der Waals surface area contributed by atoms with Gasteiger partial charge in [0.2, 0.25) is 5.91 Å². The molecule has 5 nitrogen and oxygen atoms in total. The highest BCUT2D eigenvalue weighted by Gasteiger charge is 2.26. The van der Waals surface area contributed by atoms with Crippen LogP contribution in [0.5, 0.6) is 0 Å². The zero-order valence-electron chi connectivity index (χ0n) is 12.6. The topological polar surface area (TPSA) is 49.9 Å². The molecule has 116 valence electrons. The molecule has 1 aromatic rings. The molecule has 1 fully saturated rings. The largest absolute Gasteiger partial charge is 0.469 e. The van der Waals surface area contributed by atoms with Crippen molar-refractivity contribution < 1.29 is 14.3 Å². The SMILES string of the molecule is COC(=O)C1CCN(CC(=O)N(C)Cc2cccs2)CC1. The number of esters is 1. The van der Waals surface area contributed by atoms with Crippen LogP contribution in [-0.4, -0.2) is 55.5 Å². The highest BCUT2D eigenvalue weighted by atomic mass is 32.1. The summed E-state index contributed by atoms with van der Waals surface area (Å²) in [5.74, 6) is -0.0130. The third kappa shape index (κ3) is 4.54. The van der Waals surface area contributed by atoms with Crippen LogP contribution in [-0.2, 0) is 20.9 Å². The van der Waals surface area contributed by atoms with Crippen molar-refractivity contribution in [2.75, 3.05) is 33.8 Å². The monoisotopic (exact) mass is 310 g/mol. The molecule has 0 unspecified atom stereocenters. The van der Waals surface area contributed by atoms with Crippen LogP contribution in [0.3, 0.4) is 0 Å². The maximum Gasteiger partial charge on any atom is 0.308 e. The van der Waals surface area contributed by atoms with Gasteiger partial charge in [-0.25, -0.2) is 0 Å². The van der Waals surface area contributed by atoms with Gasteiger partial charge in [0.15, 0.2) is 0 Å². The number of methoxy groups -OCH3 is 1. The molecule has 1 saturated heterocycles. The summed E-state index contributed by atoms with van der Waals surface area (Å²) in [4.78, 5) is 28.7. The summed E-state index contributed by atoms with van der Waals surface area (Å²) >= 11 is 1.66. The number of carbonyl (C=O) groups is 2. The summed E-state index contributed by atoms with van der Waals surface area (Å²) in [7, 11) is 3.26. The predicted molar refractivity (Wildman–Crippen MR) is 82.0 cm³/mol. The molecule has 1 aliphatic heterocycles. The summed E-state index contributed by atoms with van der Waals surface area (Å²) in [6.45, 7) is 2.64. The minimum Gasteiger partial charge on any atom is -0.469 e. The van der Waals surface area contributed by atoms with Crippen LogP contribution in [0.2, 0.25) is 0 Å². The molecule has 1 amide bonds. The van der Waals surface area contributed by atoms with E-state index in [1.807, 2.05) is 24.6 Å². The number of nitrogens with zero attached hydrogens (tertiary/aromatic N) is 2. The van der Waals surface area contributed by atoms with E-state index in [1.165, 1.54) is 12.0 Å². The van der Waals surface area contributed by atoms with Gasteiger partial charge in [0.05, 0.1) is 26.1 Å². The van der Waals surface area contributed by atoms with Crippen molar-refractivity contribution in [2.45, 2.75) is 19.4 Å². The number of likely N-dealkylation sites (tertiary alicyclic amines) is 1. The van der Waals surface area contributed by atoms with Crippen molar-refractivity contribution in [2.24, 2.45) is 5.92 Å². The van der Waals surface area contributed by atoms with E-state index in [-0.39, 0.29) is 17.8 Å². The van der Waals surface area contributed by atoms with E-state index in [2.05, 4.69) is 4.90 Å². The maximum atomic E-state index is 12.2. The Labute approximate surface area is 129 Å². The fraction of sp³-hybridized carbons (Fsp3) is 0.600. The van der Waals surface area contributed by atoms with Crippen LogP contribution in [0.15, 0.2) is 17.5 Å². The molecule has 0 saturated carbocycles. The van der Waals surface area contributed by atoms with Crippen molar-refractivity contribution in [1.29, 1.82) is 0 Å². The molecule has 0 radical (unpaired) electrons. The summed E-state index contributed by atoms with van der Waals surface area (Å²) < 4.78 is 4.77. The number of piperidine rings is 1. The molecule has 6 heteroatoms. The second kappa shape index (κ2) is 7.56. The van der Waals surface area contributed by atoms with Crippen LogP contribution < -0.4 is 0 Å². The zero-order valence-corrected chi connectivity index (χ0v) is 13.4. The molecule has 0 spiro atoms. The van der Waals surface area contributed by atoms with Gasteiger partial charge in [0, 0.05) is 11.9 Å². The Hall–Kier alpha value is -1.40. The number of hydrogen-bond acceptors (Lipinski definition) is 5. The molecular formula is C15H22N2O3S. The van der Waals surface area contributed by atoms with Crippen molar-refractivity contribution in [3.63, 3.8) is 0 Å². The lowest BCUT2D eigenvalue weighted by Gasteiger charge is -2.31. The first kappa shape index (κ1) is 16.0. The second-order valence-electron chi connectivity index (χ2n) is 5.40. The van der Waals surface area contributed by atoms with E-state index >= 15 is 0 Å². The van der Waals surface area contributed by atoms with Crippen LogP contribution in [0.25, 0.3) is 0 Å². The number of carbonyl (C=O) groups excluding carboxylic acids is 2. The molecule has 1 aliphatic rings. The predicted octanol–water partition coefficient (Wildman–Crippen LogP) is 1.59.